The van der Waals surface area contributed by atoms with Gasteiger partial charge < -0.3 is 5.73 Å². The van der Waals surface area contributed by atoms with Gasteiger partial charge in [-0.1, -0.05) is 0 Å². The summed E-state index contributed by atoms with van der Waals surface area (Å²) in [5.41, 5.74) is 5.11. The minimum atomic E-state index is -4.38. The third kappa shape index (κ3) is 1.58. The van der Waals surface area contributed by atoms with Crippen LogP contribution in [0.5, 0.6) is 0 Å². The molecule has 2 N–H and O–H groups in total. The molecule has 0 unspecified atom stereocenters. The Morgan fingerprint density at radius 2 is 1.94 bits per heavy atom. The summed E-state index contributed by atoms with van der Waals surface area (Å²) in [7, 11) is 0. The molecule has 0 aromatic carbocycles. The number of rotatable bonds is 1. The fourth-order valence-electron chi connectivity index (χ4n) is 2.18. The number of alkyl halides is 3. The van der Waals surface area contributed by atoms with Crippen LogP contribution in [0.4, 0.5) is 13.2 Å². The van der Waals surface area contributed by atoms with Crippen LogP contribution in [-0.2, 0) is 11.7 Å². The van der Waals surface area contributed by atoms with Crippen molar-refractivity contribution in [3.8, 4) is 0 Å². The molecule has 1 saturated carbocycles. The van der Waals surface area contributed by atoms with Gasteiger partial charge in [-0.3, -0.25) is 4.40 Å². The van der Waals surface area contributed by atoms with Gasteiger partial charge in [0.25, 0.3) is 0 Å². The monoisotopic (exact) mass is 256 g/mol. The molecule has 0 amide bonds. The quantitative estimate of drug-likeness (QED) is 0.849. The third-order valence-corrected chi connectivity index (χ3v) is 3.42. The number of nitrogens with zero attached hydrogens (tertiary/aromatic N) is 3. The molecule has 2 aromatic rings. The van der Waals surface area contributed by atoms with Crippen molar-refractivity contribution in [1.29, 1.82) is 0 Å². The fourth-order valence-corrected chi connectivity index (χ4v) is 2.18. The molecule has 4 nitrogen and oxygen atoms in total. The van der Waals surface area contributed by atoms with Crippen LogP contribution in [0.25, 0.3) is 5.65 Å². The van der Waals surface area contributed by atoms with Gasteiger partial charge in [-0.05, 0) is 31.4 Å². The van der Waals surface area contributed by atoms with Crippen molar-refractivity contribution >= 4 is 5.65 Å². The molecule has 1 aliphatic rings. The van der Waals surface area contributed by atoms with Crippen molar-refractivity contribution in [2.24, 2.45) is 5.73 Å². The van der Waals surface area contributed by atoms with Gasteiger partial charge in [-0.25, -0.2) is 0 Å². The highest BCUT2D eigenvalue weighted by molar-refractivity contribution is 5.41. The van der Waals surface area contributed by atoms with Crippen molar-refractivity contribution in [2.75, 3.05) is 0 Å². The van der Waals surface area contributed by atoms with Gasteiger partial charge in [0.2, 0.25) is 0 Å². The molecule has 2 aromatic heterocycles. The first-order valence-corrected chi connectivity index (χ1v) is 5.61. The van der Waals surface area contributed by atoms with Crippen LogP contribution in [0.2, 0.25) is 0 Å². The first-order chi connectivity index (χ1) is 8.40. The highest BCUT2D eigenvalue weighted by Crippen LogP contribution is 2.38. The smallest absolute Gasteiger partial charge is 0.319 e. The van der Waals surface area contributed by atoms with Gasteiger partial charge in [-0.15, -0.1) is 10.2 Å². The minimum absolute atomic E-state index is 0.384. The Balaban J connectivity index is 2.17. The second-order valence-corrected chi connectivity index (χ2v) is 4.68. The van der Waals surface area contributed by atoms with E-state index in [0.29, 0.717) is 11.5 Å². The van der Waals surface area contributed by atoms with E-state index in [4.69, 9.17) is 5.73 Å². The molecule has 0 bridgehead atoms. The molecule has 2 heterocycles. The van der Waals surface area contributed by atoms with Gasteiger partial charge in [0.15, 0.2) is 11.5 Å². The first kappa shape index (κ1) is 11.5. The van der Waals surface area contributed by atoms with Crippen LogP contribution < -0.4 is 5.73 Å². The third-order valence-electron chi connectivity index (χ3n) is 3.42. The standard InChI is InChI=1S/C11H11F3N4/c12-11(13,14)7-2-3-8-16-17-9(18(8)6-7)10(15)4-1-5-10/h2-3,6H,1,4-5,15H2. The molecule has 0 aliphatic heterocycles. The molecule has 18 heavy (non-hydrogen) atoms. The van der Waals surface area contributed by atoms with E-state index < -0.39 is 17.3 Å². The van der Waals surface area contributed by atoms with Crippen molar-refractivity contribution in [2.45, 2.75) is 31.0 Å². The first-order valence-electron chi connectivity index (χ1n) is 5.61. The number of nitrogens with two attached hydrogens (primary N) is 1. The van der Waals surface area contributed by atoms with Crippen LogP contribution in [0.3, 0.4) is 0 Å². The van der Waals surface area contributed by atoms with E-state index in [1.54, 1.807) is 0 Å². The number of fused-ring (bicyclic) bond motifs is 1. The van der Waals surface area contributed by atoms with Gasteiger partial charge in [0.05, 0.1) is 11.1 Å². The lowest BCUT2D eigenvalue weighted by Gasteiger charge is -2.36. The Morgan fingerprint density at radius 1 is 1.22 bits per heavy atom. The zero-order valence-corrected chi connectivity index (χ0v) is 9.41. The summed E-state index contributed by atoms with van der Waals surface area (Å²) in [6.45, 7) is 0. The number of hydrogen-bond donors (Lipinski definition) is 1. The van der Waals surface area contributed by atoms with Crippen LogP contribution in [0.15, 0.2) is 18.3 Å². The molecule has 3 rings (SSSR count). The summed E-state index contributed by atoms with van der Waals surface area (Å²) in [6.07, 6.45) is -0.951. The molecule has 0 atom stereocenters. The zero-order valence-electron chi connectivity index (χ0n) is 9.41. The van der Waals surface area contributed by atoms with Crippen molar-refractivity contribution in [1.82, 2.24) is 14.6 Å². The molecule has 0 saturated heterocycles. The SMILES string of the molecule is NC1(c2nnc3ccc(C(F)(F)F)cn23)CCC1. The molecule has 7 heteroatoms. The molecule has 1 fully saturated rings. The number of aromatic nitrogens is 3. The lowest BCUT2D eigenvalue weighted by atomic mass is 9.77. The van der Waals surface area contributed by atoms with Crippen LogP contribution >= 0.6 is 0 Å². The van der Waals surface area contributed by atoms with Crippen LogP contribution in [0, 0.1) is 0 Å². The van der Waals surface area contributed by atoms with Gasteiger partial charge in [0, 0.05) is 6.20 Å². The highest BCUT2D eigenvalue weighted by Gasteiger charge is 2.39. The number of halogens is 3. The number of hydrogen-bond acceptors (Lipinski definition) is 3. The fraction of sp³-hybridized carbons (Fsp3) is 0.455. The molecule has 96 valence electrons. The van der Waals surface area contributed by atoms with Crippen LogP contribution in [0.1, 0.15) is 30.7 Å². The maximum absolute atomic E-state index is 12.7. The predicted octanol–water partition coefficient (Wildman–Crippen LogP) is 2.09. The van der Waals surface area contributed by atoms with Gasteiger partial charge in [-0.2, -0.15) is 13.2 Å². The average molecular weight is 256 g/mol. The van der Waals surface area contributed by atoms with E-state index in [-0.39, 0.29) is 0 Å². The van der Waals surface area contributed by atoms with Crippen LogP contribution in [-0.4, -0.2) is 14.6 Å². The Labute approximate surface area is 101 Å². The lowest BCUT2D eigenvalue weighted by molar-refractivity contribution is -0.137. The minimum Gasteiger partial charge on any atom is -0.319 e. The second kappa shape index (κ2) is 3.44. The summed E-state index contributed by atoms with van der Waals surface area (Å²) in [5, 5.41) is 7.79. The summed E-state index contributed by atoms with van der Waals surface area (Å²) in [4.78, 5) is 0. The predicted molar refractivity (Wildman–Crippen MR) is 57.7 cm³/mol. The van der Waals surface area contributed by atoms with Gasteiger partial charge in [0.1, 0.15) is 0 Å². The Morgan fingerprint density at radius 3 is 2.50 bits per heavy atom. The Kier molecular flexibility index (Phi) is 2.19. The van der Waals surface area contributed by atoms with E-state index in [2.05, 4.69) is 10.2 Å². The maximum atomic E-state index is 12.7. The van der Waals surface area contributed by atoms with E-state index in [1.165, 1.54) is 10.5 Å². The molecular weight excluding hydrogens is 245 g/mol. The normalized spacial score (nSPS) is 18.9. The lowest BCUT2D eigenvalue weighted by Crippen LogP contribution is -2.45. The topological polar surface area (TPSA) is 56.2 Å². The molecule has 0 spiro atoms. The van der Waals surface area contributed by atoms with E-state index in [0.717, 1.165) is 31.5 Å². The Bertz CT molecular complexity index is 598. The number of pyridine rings is 1. The van der Waals surface area contributed by atoms with E-state index in [9.17, 15) is 13.2 Å². The van der Waals surface area contributed by atoms with Gasteiger partial charge >= 0.3 is 6.18 Å². The summed E-state index contributed by atoms with van der Waals surface area (Å²) in [6, 6.07) is 2.30. The molecule has 0 radical (unpaired) electrons. The van der Waals surface area contributed by atoms with E-state index >= 15 is 0 Å². The van der Waals surface area contributed by atoms with E-state index in [1.807, 2.05) is 0 Å². The second-order valence-electron chi connectivity index (χ2n) is 4.68. The largest absolute Gasteiger partial charge is 0.417 e. The highest BCUT2D eigenvalue weighted by atomic mass is 19.4. The van der Waals surface area contributed by atoms with Crippen molar-refractivity contribution in [3.63, 3.8) is 0 Å². The molecular formula is C11H11F3N4. The summed E-state index contributed by atoms with van der Waals surface area (Å²) >= 11 is 0. The summed E-state index contributed by atoms with van der Waals surface area (Å²) in [5.74, 6) is 0.412. The van der Waals surface area contributed by atoms with Crippen molar-refractivity contribution < 1.29 is 13.2 Å². The molecule has 1 aliphatic carbocycles. The maximum Gasteiger partial charge on any atom is 0.417 e. The Hall–Kier alpha value is -1.63. The van der Waals surface area contributed by atoms with Crippen molar-refractivity contribution in [3.05, 3.63) is 29.7 Å². The summed E-state index contributed by atoms with van der Waals surface area (Å²) < 4.78 is 39.3. The zero-order chi connectivity index (χ0) is 13.0. The average Bonchev–Trinajstić information content (AvgIpc) is 2.67.